The molecule has 146 valence electrons. The van der Waals surface area contributed by atoms with Crippen LogP contribution in [-0.2, 0) is 14.9 Å². The summed E-state index contributed by atoms with van der Waals surface area (Å²) in [6, 6.07) is 17.2. The van der Waals surface area contributed by atoms with Crippen molar-refractivity contribution in [3.63, 3.8) is 0 Å². The largest absolute Gasteiger partial charge is 0.481 e. The van der Waals surface area contributed by atoms with Gasteiger partial charge in [-0.25, -0.2) is 0 Å². The highest BCUT2D eigenvalue weighted by Gasteiger charge is 2.43. The summed E-state index contributed by atoms with van der Waals surface area (Å²) in [6.07, 6.45) is 1.84. The Balaban J connectivity index is 1.49. The number of aliphatic carboxylic acids is 1. The minimum atomic E-state index is -0.916. The Bertz CT molecular complexity index is 850. The fourth-order valence-electron chi connectivity index (χ4n) is 4.38. The molecule has 28 heavy (non-hydrogen) atoms. The van der Waals surface area contributed by atoms with E-state index >= 15 is 0 Å². The average molecular weight is 379 g/mol. The molecule has 0 spiro atoms. The summed E-state index contributed by atoms with van der Waals surface area (Å²) in [5, 5.41) is 9.93. The molecule has 0 aromatic heterocycles. The number of piperidine rings is 1. The number of carboxylic acids is 1. The fourth-order valence-corrected chi connectivity index (χ4v) is 4.38. The van der Waals surface area contributed by atoms with Crippen LogP contribution in [0.2, 0.25) is 0 Å². The van der Waals surface area contributed by atoms with Gasteiger partial charge in [0, 0.05) is 31.2 Å². The molecule has 0 bridgehead atoms. The molecule has 1 unspecified atom stereocenters. The maximum Gasteiger partial charge on any atom is 0.314 e. The molecule has 1 atom stereocenters. The predicted octanol–water partition coefficient (Wildman–Crippen LogP) is 3.45. The molecule has 2 fully saturated rings. The number of likely N-dealkylation sites (tertiary alicyclic amines) is 1. The summed E-state index contributed by atoms with van der Waals surface area (Å²) in [5.41, 5.74) is 1.72. The van der Waals surface area contributed by atoms with Crippen LogP contribution >= 0.6 is 0 Å². The zero-order valence-corrected chi connectivity index (χ0v) is 15.8. The number of benzene rings is 2. The molecular weight excluding hydrogens is 354 g/mol. The van der Waals surface area contributed by atoms with Gasteiger partial charge in [-0.3, -0.25) is 9.59 Å². The summed E-state index contributed by atoms with van der Waals surface area (Å²) in [6.45, 7) is 2.36. The normalized spacial score (nSPS) is 21.4. The van der Waals surface area contributed by atoms with Crippen LogP contribution in [-0.4, -0.2) is 48.2 Å². The van der Waals surface area contributed by atoms with E-state index < -0.39 is 11.4 Å². The zero-order valence-electron chi connectivity index (χ0n) is 15.8. The van der Waals surface area contributed by atoms with E-state index in [0.29, 0.717) is 44.0 Å². The van der Waals surface area contributed by atoms with Crippen molar-refractivity contribution in [1.82, 2.24) is 4.90 Å². The summed E-state index contributed by atoms with van der Waals surface area (Å²) >= 11 is 0. The van der Waals surface area contributed by atoms with Crippen molar-refractivity contribution in [1.29, 1.82) is 0 Å². The lowest BCUT2D eigenvalue weighted by molar-refractivity contribution is -0.145. The lowest BCUT2D eigenvalue weighted by Crippen LogP contribution is -2.49. The van der Waals surface area contributed by atoms with Gasteiger partial charge in [-0.15, -0.1) is 0 Å². The number of ether oxygens (including phenoxy) is 1. The molecule has 1 amide bonds. The molecule has 4 rings (SSSR count). The standard InChI is InChI=1S/C23H25NO4/c25-21(18-6-4-5-17(15-18)19-9-14-28-16-19)24-12-10-23(11-13-24,22(26)27)20-7-2-1-3-8-20/h1-8,15,19H,9-14,16H2,(H,26,27). The number of rotatable bonds is 4. The van der Waals surface area contributed by atoms with E-state index in [1.165, 1.54) is 0 Å². The Morgan fingerprint density at radius 2 is 1.79 bits per heavy atom. The monoisotopic (exact) mass is 379 g/mol. The summed E-state index contributed by atoms with van der Waals surface area (Å²) < 4.78 is 5.46. The summed E-state index contributed by atoms with van der Waals surface area (Å²) in [4.78, 5) is 26.9. The van der Waals surface area contributed by atoms with Crippen LogP contribution in [0.4, 0.5) is 0 Å². The van der Waals surface area contributed by atoms with E-state index in [9.17, 15) is 14.7 Å². The van der Waals surface area contributed by atoms with Gasteiger partial charge in [0.2, 0.25) is 0 Å². The minimum absolute atomic E-state index is 0.0205. The smallest absolute Gasteiger partial charge is 0.314 e. The van der Waals surface area contributed by atoms with Crippen LogP contribution in [0.3, 0.4) is 0 Å². The first-order chi connectivity index (χ1) is 13.6. The number of hydrogen-bond donors (Lipinski definition) is 1. The van der Waals surface area contributed by atoms with Crippen molar-refractivity contribution in [3.8, 4) is 0 Å². The molecule has 0 radical (unpaired) electrons. The molecule has 2 aliphatic heterocycles. The Morgan fingerprint density at radius 3 is 2.43 bits per heavy atom. The number of carbonyl (C=O) groups is 2. The third kappa shape index (κ3) is 3.42. The van der Waals surface area contributed by atoms with Gasteiger partial charge in [0.1, 0.15) is 0 Å². The molecule has 2 aliphatic rings. The molecule has 2 aromatic carbocycles. The number of hydrogen-bond acceptors (Lipinski definition) is 3. The highest BCUT2D eigenvalue weighted by atomic mass is 16.5. The Hall–Kier alpha value is -2.66. The molecule has 5 heteroatoms. The van der Waals surface area contributed by atoms with E-state index in [-0.39, 0.29) is 5.91 Å². The average Bonchev–Trinajstić information content (AvgIpc) is 3.29. The van der Waals surface area contributed by atoms with E-state index in [1.54, 1.807) is 4.90 Å². The quantitative estimate of drug-likeness (QED) is 0.884. The van der Waals surface area contributed by atoms with E-state index in [1.807, 2.05) is 48.5 Å². The van der Waals surface area contributed by atoms with Crippen molar-refractivity contribution >= 4 is 11.9 Å². The number of carboxylic acid groups (broad SMARTS) is 1. The molecule has 1 N–H and O–H groups in total. The maximum absolute atomic E-state index is 13.0. The Labute approximate surface area is 164 Å². The fraction of sp³-hybridized carbons (Fsp3) is 0.391. The van der Waals surface area contributed by atoms with Crippen molar-refractivity contribution in [2.45, 2.75) is 30.6 Å². The van der Waals surface area contributed by atoms with Crippen LogP contribution in [0.5, 0.6) is 0 Å². The highest BCUT2D eigenvalue weighted by molar-refractivity contribution is 5.94. The molecule has 2 saturated heterocycles. The van der Waals surface area contributed by atoms with Gasteiger partial charge in [0.05, 0.1) is 12.0 Å². The second kappa shape index (κ2) is 7.76. The number of carbonyl (C=O) groups excluding carboxylic acids is 1. The Kier molecular flexibility index (Phi) is 5.18. The molecule has 0 saturated carbocycles. The Morgan fingerprint density at radius 1 is 1.04 bits per heavy atom. The van der Waals surface area contributed by atoms with Gasteiger partial charge in [0.25, 0.3) is 5.91 Å². The molecule has 5 nitrogen and oxygen atoms in total. The van der Waals surface area contributed by atoms with Crippen LogP contribution in [0.25, 0.3) is 0 Å². The minimum Gasteiger partial charge on any atom is -0.481 e. The lowest BCUT2D eigenvalue weighted by atomic mass is 9.72. The maximum atomic E-state index is 13.0. The number of amides is 1. The van der Waals surface area contributed by atoms with Crippen molar-refractivity contribution in [2.75, 3.05) is 26.3 Å². The van der Waals surface area contributed by atoms with E-state index in [2.05, 4.69) is 6.07 Å². The third-order valence-corrected chi connectivity index (χ3v) is 6.17. The topological polar surface area (TPSA) is 66.8 Å². The van der Waals surface area contributed by atoms with Crippen LogP contribution < -0.4 is 0 Å². The lowest BCUT2D eigenvalue weighted by Gasteiger charge is -2.39. The number of nitrogens with zero attached hydrogens (tertiary/aromatic N) is 1. The van der Waals surface area contributed by atoms with Crippen LogP contribution in [0, 0.1) is 0 Å². The first-order valence-corrected chi connectivity index (χ1v) is 9.86. The summed E-state index contributed by atoms with van der Waals surface area (Å²) in [5.74, 6) is -0.478. The van der Waals surface area contributed by atoms with Crippen molar-refractivity contribution in [2.24, 2.45) is 0 Å². The second-order valence-electron chi connectivity index (χ2n) is 7.73. The van der Waals surface area contributed by atoms with Gasteiger partial charge in [-0.2, -0.15) is 0 Å². The van der Waals surface area contributed by atoms with Crippen molar-refractivity contribution < 1.29 is 19.4 Å². The van der Waals surface area contributed by atoms with Gasteiger partial charge in [0.15, 0.2) is 0 Å². The van der Waals surface area contributed by atoms with E-state index in [4.69, 9.17) is 4.74 Å². The van der Waals surface area contributed by atoms with Crippen LogP contribution in [0.1, 0.15) is 46.7 Å². The van der Waals surface area contributed by atoms with Gasteiger partial charge in [-0.1, -0.05) is 42.5 Å². The third-order valence-electron chi connectivity index (χ3n) is 6.17. The summed E-state index contributed by atoms with van der Waals surface area (Å²) in [7, 11) is 0. The molecule has 2 heterocycles. The SMILES string of the molecule is O=C(c1cccc(C2CCOC2)c1)N1CCC(C(=O)O)(c2ccccc2)CC1. The second-order valence-corrected chi connectivity index (χ2v) is 7.73. The molecule has 2 aromatic rings. The molecule has 0 aliphatic carbocycles. The van der Waals surface area contributed by atoms with Gasteiger partial charge >= 0.3 is 5.97 Å². The van der Waals surface area contributed by atoms with E-state index in [0.717, 1.165) is 24.2 Å². The first-order valence-electron chi connectivity index (χ1n) is 9.86. The first kappa shape index (κ1) is 18.7. The zero-order chi connectivity index (χ0) is 19.6. The molecular formula is C23H25NO4. The van der Waals surface area contributed by atoms with Crippen molar-refractivity contribution in [3.05, 3.63) is 71.3 Å². The highest BCUT2D eigenvalue weighted by Crippen LogP contribution is 2.36. The predicted molar refractivity (Wildman–Crippen MR) is 106 cm³/mol. The van der Waals surface area contributed by atoms with Gasteiger partial charge in [-0.05, 0) is 42.5 Å². The van der Waals surface area contributed by atoms with Gasteiger partial charge < -0.3 is 14.7 Å². The van der Waals surface area contributed by atoms with Crippen LogP contribution in [0.15, 0.2) is 54.6 Å².